The molecule has 0 saturated carbocycles. The van der Waals surface area contributed by atoms with Gasteiger partial charge in [0.25, 0.3) is 0 Å². The second kappa shape index (κ2) is 16.3. The molecule has 0 fully saturated rings. The smallest absolute Gasteiger partial charge is 0.219 e. The number of benzene rings is 1. The third-order valence-electron chi connectivity index (χ3n) is 4.07. The maximum atomic E-state index is 11.3. The average Bonchev–Trinajstić information content (AvgIpc) is 2.65. The highest BCUT2D eigenvalue weighted by Gasteiger charge is 2.10. The van der Waals surface area contributed by atoms with Crippen LogP contribution in [-0.2, 0) is 9.59 Å². The van der Waals surface area contributed by atoms with Crippen molar-refractivity contribution in [1.82, 2.24) is 5.32 Å². The Labute approximate surface area is 163 Å². The van der Waals surface area contributed by atoms with Crippen molar-refractivity contribution in [2.45, 2.75) is 77.4 Å². The lowest BCUT2D eigenvalue weighted by Gasteiger charge is -2.13. The highest BCUT2D eigenvalue weighted by atomic mass is 16.3. The van der Waals surface area contributed by atoms with Crippen LogP contribution < -0.4 is 16.8 Å². The van der Waals surface area contributed by atoms with Crippen molar-refractivity contribution >= 4 is 11.8 Å². The van der Waals surface area contributed by atoms with E-state index in [1.807, 2.05) is 30.3 Å². The Kier molecular flexibility index (Phi) is 15.1. The molecule has 2 amide bonds. The molecule has 154 valence electrons. The van der Waals surface area contributed by atoms with Crippen LogP contribution in [0.1, 0.15) is 76.9 Å². The Balaban J connectivity index is 0.000000533. The van der Waals surface area contributed by atoms with Crippen LogP contribution in [0.4, 0.5) is 0 Å². The number of carbonyl (C=O) groups is 2. The summed E-state index contributed by atoms with van der Waals surface area (Å²) in [6.45, 7) is 4.73. The van der Waals surface area contributed by atoms with E-state index < -0.39 is 6.10 Å². The molecule has 6 nitrogen and oxygen atoms in total. The fraction of sp³-hybridized carbons (Fsp3) is 0.619. The van der Waals surface area contributed by atoms with E-state index in [0.717, 1.165) is 24.9 Å². The number of carbonyl (C=O) groups excluding carboxylic acids is 2. The Bertz CT molecular complexity index is 507. The first-order chi connectivity index (χ1) is 12.9. The van der Waals surface area contributed by atoms with Crippen molar-refractivity contribution in [3.05, 3.63) is 35.9 Å². The summed E-state index contributed by atoms with van der Waals surface area (Å²) in [5, 5.41) is 12.3. The van der Waals surface area contributed by atoms with Crippen molar-refractivity contribution in [1.29, 1.82) is 0 Å². The fourth-order valence-electron chi connectivity index (χ4n) is 2.41. The first-order valence-corrected chi connectivity index (χ1v) is 9.92. The standard InChI is InChI=1S/C12H24N2O2.C9H13NO/c1-2-3-4-7-10-14-12(16)9-6-5-8-11(13)15;1-7(10)9(11)8-5-3-2-4-6-8/h2-10H2,1H3,(H2,13,15)(H,14,16);2-7,9,11H,10H2,1H3/t;7-,9-/m.1/s1. The van der Waals surface area contributed by atoms with Gasteiger partial charge in [0.1, 0.15) is 0 Å². The minimum absolute atomic E-state index is 0.0842. The topological polar surface area (TPSA) is 118 Å². The second-order valence-corrected chi connectivity index (χ2v) is 6.80. The average molecular weight is 380 g/mol. The number of hydrogen-bond acceptors (Lipinski definition) is 4. The number of unbranched alkanes of at least 4 members (excludes halogenated alkanes) is 4. The van der Waals surface area contributed by atoms with E-state index in [1.165, 1.54) is 19.3 Å². The Morgan fingerprint density at radius 1 is 1.04 bits per heavy atom. The van der Waals surface area contributed by atoms with Gasteiger partial charge >= 0.3 is 0 Å². The summed E-state index contributed by atoms with van der Waals surface area (Å²) in [5.41, 5.74) is 11.4. The van der Waals surface area contributed by atoms with E-state index in [9.17, 15) is 14.7 Å². The van der Waals surface area contributed by atoms with Gasteiger partial charge < -0.3 is 21.9 Å². The Morgan fingerprint density at radius 2 is 1.67 bits per heavy atom. The predicted octanol–water partition coefficient (Wildman–Crippen LogP) is 2.80. The lowest BCUT2D eigenvalue weighted by molar-refractivity contribution is -0.122. The van der Waals surface area contributed by atoms with Crippen molar-refractivity contribution < 1.29 is 14.7 Å². The SMILES string of the molecule is CCCCCCNC(=O)CCCCC(N)=O.C[C@@H](N)[C@@H](O)c1ccccc1. The molecular formula is C21H37N3O3. The molecule has 0 aliphatic heterocycles. The Hall–Kier alpha value is -1.92. The molecule has 0 spiro atoms. The van der Waals surface area contributed by atoms with Gasteiger partial charge in [0.2, 0.25) is 11.8 Å². The molecule has 0 aromatic heterocycles. The van der Waals surface area contributed by atoms with Gasteiger partial charge in [-0.15, -0.1) is 0 Å². The molecule has 1 aromatic rings. The minimum Gasteiger partial charge on any atom is -0.387 e. The fourth-order valence-corrected chi connectivity index (χ4v) is 2.41. The molecule has 1 aromatic carbocycles. The second-order valence-electron chi connectivity index (χ2n) is 6.80. The van der Waals surface area contributed by atoms with Crippen LogP contribution in [0.25, 0.3) is 0 Å². The number of hydrogen-bond donors (Lipinski definition) is 4. The van der Waals surface area contributed by atoms with Crippen LogP contribution in [0.15, 0.2) is 30.3 Å². The van der Waals surface area contributed by atoms with E-state index in [1.54, 1.807) is 6.92 Å². The number of rotatable bonds is 12. The number of amides is 2. The first kappa shape index (κ1) is 25.1. The van der Waals surface area contributed by atoms with E-state index >= 15 is 0 Å². The maximum absolute atomic E-state index is 11.3. The van der Waals surface area contributed by atoms with Gasteiger partial charge in [-0.05, 0) is 31.7 Å². The number of aliphatic hydroxyl groups excluding tert-OH is 1. The molecule has 0 unspecified atom stereocenters. The van der Waals surface area contributed by atoms with Crippen LogP contribution in [0.5, 0.6) is 0 Å². The molecule has 6 heteroatoms. The lowest BCUT2D eigenvalue weighted by Crippen LogP contribution is -2.24. The zero-order valence-electron chi connectivity index (χ0n) is 16.8. The van der Waals surface area contributed by atoms with E-state index in [2.05, 4.69) is 12.2 Å². The van der Waals surface area contributed by atoms with Crippen LogP contribution in [0, 0.1) is 0 Å². The van der Waals surface area contributed by atoms with Gasteiger partial charge in [0.05, 0.1) is 6.10 Å². The first-order valence-electron chi connectivity index (χ1n) is 9.92. The zero-order valence-corrected chi connectivity index (χ0v) is 16.8. The molecule has 1 rings (SSSR count). The van der Waals surface area contributed by atoms with Crippen LogP contribution >= 0.6 is 0 Å². The lowest BCUT2D eigenvalue weighted by atomic mass is 10.0. The van der Waals surface area contributed by atoms with Crippen molar-refractivity contribution in [2.24, 2.45) is 11.5 Å². The summed E-state index contributed by atoms with van der Waals surface area (Å²) in [7, 11) is 0. The number of primary amides is 1. The van der Waals surface area contributed by atoms with Crippen molar-refractivity contribution in [3.63, 3.8) is 0 Å². The van der Waals surface area contributed by atoms with Gasteiger partial charge in [-0.25, -0.2) is 0 Å². The number of nitrogens with two attached hydrogens (primary N) is 2. The van der Waals surface area contributed by atoms with E-state index in [-0.39, 0.29) is 17.9 Å². The van der Waals surface area contributed by atoms with Crippen LogP contribution in [0.2, 0.25) is 0 Å². The largest absolute Gasteiger partial charge is 0.387 e. The summed E-state index contributed by atoms with van der Waals surface area (Å²) in [5.74, 6) is -0.207. The van der Waals surface area contributed by atoms with E-state index in [0.29, 0.717) is 19.3 Å². The summed E-state index contributed by atoms with van der Waals surface area (Å²) in [6.07, 6.45) is 6.46. The molecule has 0 aliphatic carbocycles. The highest BCUT2D eigenvalue weighted by molar-refractivity contribution is 5.76. The molecule has 2 atom stereocenters. The molecule has 6 N–H and O–H groups in total. The molecule has 27 heavy (non-hydrogen) atoms. The molecule has 0 heterocycles. The van der Waals surface area contributed by atoms with Gasteiger partial charge in [0.15, 0.2) is 0 Å². The van der Waals surface area contributed by atoms with Gasteiger partial charge in [-0.2, -0.15) is 0 Å². The van der Waals surface area contributed by atoms with Crippen LogP contribution in [0.3, 0.4) is 0 Å². The molecule has 0 bridgehead atoms. The predicted molar refractivity (Wildman–Crippen MR) is 110 cm³/mol. The quantitative estimate of drug-likeness (QED) is 0.418. The third kappa shape index (κ3) is 14.9. The van der Waals surface area contributed by atoms with Crippen molar-refractivity contribution in [2.75, 3.05) is 6.54 Å². The van der Waals surface area contributed by atoms with Crippen LogP contribution in [-0.4, -0.2) is 29.5 Å². The summed E-state index contributed by atoms with van der Waals surface area (Å²) in [4.78, 5) is 21.7. The number of aliphatic hydroxyl groups is 1. The Morgan fingerprint density at radius 3 is 2.22 bits per heavy atom. The highest BCUT2D eigenvalue weighted by Crippen LogP contribution is 2.13. The molecule has 0 aliphatic rings. The molecule has 0 saturated heterocycles. The summed E-state index contributed by atoms with van der Waals surface area (Å²) >= 11 is 0. The third-order valence-corrected chi connectivity index (χ3v) is 4.07. The molecular weight excluding hydrogens is 342 g/mol. The summed E-state index contributed by atoms with van der Waals surface area (Å²) in [6, 6.07) is 9.22. The van der Waals surface area contributed by atoms with E-state index in [4.69, 9.17) is 11.5 Å². The maximum Gasteiger partial charge on any atom is 0.219 e. The number of nitrogens with one attached hydrogen (secondary N) is 1. The molecule has 0 radical (unpaired) electrons. The van der Waals surface area contributed by atoms with Crippen molar-refractivity contribution in [3.8, 4) is 0 Å². The van der Waals surface area contributed by atoms with Gasteiger partial charge in [-0.1, -0.05) is 56.5 Å². The zero-order chi connectivity index (χ0) is 20.5. The van der Waals surface area contributed by atoms with Gasteiger partial charge in [-0.3, -0.25) is 9.59 Å². The monoisotopic (exact) mass is 379 g/mol. The normalized spacial score (nSPS) is 12.4. The van der Waals surface area contributed by atoms with Gasteiger partial charge in [0, 0.05) is 25.4 Å². The minimum atomic E-state index is -0.545. The summed E-state index contributed by atoms with van der Waals surface area (Å²) < 4.78 is 0.